The van der Waals surface area contributed by atoms with Gasteiger partial charge in [0.2, 0.25) is 11.4 Å². The molecule has 0 bridgehead atoms. The predicted molar refractivity (Wildman–Crippen MR) is 126 cm³/mol. The van der Waals surface area contributed by atoms with Crippen LogP contribution in [-0.2, 0) is 7.05 Å². The number of para-hydroxylation sites is 1. The van der Waals surface area contributed by atoms with Gasteiger partial charge in [-0.3, -0.25) is 0 Å². The highest BCUT2D eigenvalue weighted by molar-refractivity contribution is 6.11. The summed E-state index contributed by atoms with van der Waals surface area (Å²) in [6, 6.07) is 19.4. The molecule has 0 aliphatic heterocycles. The fraction of sp³-hybridized carbons (Fsp3) is 0.286. The third kappa shape index (κ3) is 3.03. The van der Waals surface area contributed by atoms with Crippen LogP contribution in [0.5, 0.6) is 0 Å². The van der Waals surface area contributed by atoms with E-state index in [1.807, 2.05) is 12.1 Å². The van der Waals surface area contributed by atoms with Crippen molar-refractivity contribution < 1.29 is 8.98 Å². The van der Waals surface area contributed by atoms with Crippen molar-refractivity contribution in [3.63, 3.8) is 0 Å². The normalized spacial score (nSPS) is 15.3. The van der Waals surface area contributed by atoms with Crippen molar-refractivity contribution in [2.24, 2.45) is 7.05 Å². The van der Waals surface area contributed by atoms with Gasteiger partial charge in [-0.1, -0.05) is 49.6 Å². The first-order chi connectivity index (χ1) is 15.2. The van der Waals surface area contributed by atoms with E-state index < -0.39 is 0 Å². The summed E-state index contributed by atoms with van der Waals surface area (Å²) >= 11 is 0. The van der Waals surface area contributed by atoms with Crippen LogP contribution in [0.1, 0.15) is 49.1 Å². The van der Waals surface area contributed by atoms with Gasteiger partial charge in [0, 0.05) is 27.8 Å². The Balaban J connectivity index is 1.55. The highest BCUT2D eigenvalue weighted by Gasteiger charge is 2.23. The second-order valence-corrected chi connectivity index (χ2v) is 9.06. The number of pyridine rings is 2. The Kier molecular flexibility index (Phi) is 4.31. The first kappa shape index (κ1) is 18.6. The minimum Gasteiger partial charge on any atom is -0.437 e. The molecule has 0 radical (unpaired) electrons. The van der Waals surface area contributed by atoms with Gasteiger partial charge in [0.1, 0.15) is 7.05 Å². The van der Waals surface area contributed by atoms with Crippen molar-refractivity contribution >= 4 is 33.0 Å². The van der Waals surface area contributed by atoms with E-state index in [1.54, 1.807) is 0 Å². The molecule has 3 heteroatoms. The second kappa shape index (κ2) is 7.19. The van der Waals surface area contributed by atoms with Gasteiger partial charge in [-0.25, -0.2) is 9.55 Å². The Morgan fingerprint density at radius 2 is 1.77 bits per heavy atom. The lowest BCUT2D eigenvalue weighted by Gasteiger charge is -2.21. The molecule has 3 heterocycles. The fourth-order valence-corrected chi connectivity index (χ4v) is 5.35. The molecular weight excluding hydrogens is 380 g/mol. The molecule has 1 aliphatic carbocycles. The van der Waals surface area contributed by atoms with E-state index in [0.717, 1.165) is 32.8 Å². The minimum atomic E-state index is 0.703. The van der Waals surface area contributed by atoms with E-state index in [1.165, 1.54) is 48.9 Å². The van der Waals surface area contributed by atoms with Crippen LogP contribution in [0.2, 0.25) is 0 Å². The predicted octanol–water partition coefficient (Wildman–Crippen LogP) is 6.98. The second-order valence-electron chi connectivity index (χ2n) is 9.06. The first-order valence-electron chi connectivity index (χ1n) is 11.4. The molecular formula is C28H27N2O+. The van der Waals surface area contributed by atoms with Gasteiger partial charge in [-0.05, 0) is 49.4 Å². The van der Waals surface area contributed by atoms with Gasteiger partial charge in [0.25, 0.3) is 0 Å². The van der Waals surface area contributed by atoms with Crippen molar-refractivity contribution in [3.05, 3.63) is 71.9 Å². The summed E-state index contributed by atoms with van der Waals surface area (Å²) in [4.78, 5) is 4.80. The lowest BCUT2D eigenvalue weighted by molar-refractivity contribution is -0.660. The molecule has 1 saturated carbocycles. The molecule has 3 aromatic heterocycles. The first-order valence-corrected chi connectivity index (χ1v) is 11.4. The van der Waals surface area contributed by atoms with Crippen molar-refractivity contribution in [1.29, 1.82) is 0 Å². The van der Waals surface area contributed by atoms with Crippen molar-refractivity contribution in [3.8, 4) is 11.3 Å². The largest absolute Gasteiger partial charge is 0.437 e. The van der Waals surface area contributed by atoms with E-state index in [9.17, 15) is 0 Å². The molecule has 6 rings (SSSR count). The van der Waals surface area contributed by atoms with E-state index >= 15 is 0 Å². The van der Waals surface area contributed by atoms with E-state index in [-0.39, 0.29) is 0 Å². The molecule has 3 nitrogen and oxygen atoms in total. The zero-order valence-electron chi connectivity index (χ0n) is 18.2. The fourth-order valence-electron chi connectivity index (χ4n) is 5.35. The SMILES string of the molecule is Cc1ccc2c(oc3nc4ccccc4cc32)c1-c1ccc(C2CCCCC2)c[n+]1C. The van der Waals surface area contributed by atoms with Crippen molar-refractivity contribution in [2.45, 2.75) is 44.9 Å². The van der Waals surface area contributed by atoms with Gasteiger partial charge in [-0.2, -0.15) is 0 Å². The number of fused-ring (bicyclic) bond motifs is 4. The zero-order chi connectivity index (χ0) is 20.9. The van der Waals surface area contributed by atoms with E-state index in [2.05, 4.69) is 67.2 Å². The van der Waals surface area contributed by atoms with Crippen LogP contribution in [0.4, 0.5) is 0 Å². The average Bonchev–Trinajstić information content (AvgIpc) is 3.15. The number of hydrogen-bond acceptors (Lipinski definition) is 2. The maximum Gasteiger partial charge on any atom is 0.227 e. The molecule has 0 saturated heterocycles. The molecule has 154 valence electrons. The summed E-state index contributed by atoms with van der Waals surface area (Å²) < 4.78 is 8.68. The Bertz CT molecular complexity index is 1440. The van der Waals surface area contributed by atoms with Crippen LogP contribution in [0.3, 0.4) is 0 Å². The zero-order valence-corrected chi connectivity index (χ0v) is 18.2. The topological polar surface area (TPSA) is 29.9 Å². The summed E-state index contributed by atoms with van der Waals surface area (Å²) in [7, 11) is 2.16. The third-order valence-corrected chi connectivity index (χ3v) is 7.03. The van der Waals surface area contributed by atoms with Crippen molar-refractivity contribution in [1.82, 2.24) is 4.98 Å². The number of aromatic nitrogens is 2. The highest BCUT2D eigenvalue weighted by atomic mass is 16.3. The van der Waals surface area contributed by atoms with Gasteiger partial charge in [0.05, 0.1) is 11.1 Å². The molecule has 5 aromatic rings. The maximum absolute atomic E-state index is 6.40. The average molecular weight is 408 g/mol. The van der Waals surface area contributed by atoms with Gasteiger partial charge < -0.3 is 4.42 Å². The van der Waals surface area contributed by atoms with Crippen LogP contribution in [0, 0.1) is 6.92 Å². The highest BCUT2D eigenvalue weighted by Crippen LogP contribution is 2.38. The van der Waals surface area contributed by atoms with Gasteiger partial charge >= 0.3 is 0 Å². The number of hydrogen-bond donors (Lipinski definition) is 0. The number of nitrogens with zero attached hydrogens (tertiary/aromatic N) is 2. The quantitative estimate of drug-likeness (QED) is 0.295. The Morgan fingerprint density at radius 3 is 2.61 bits per heavy atom. The maximum atomic E-state index is 6.40. The summed E-state index contributed by atoms with van der Waals surface area (Å²) in [5.41, 5.74) is 7.64. The Labute approximate surface area is 182 Å². The van der Waals surface area contributed by atoms with Crippen molar-refractivity contribution in [2.75, 3.05) is 0 Å². The minimum absolute atomic E-state index is 0.703. The summed E-state index contributed by atoms with van der Waals surface area (Å²) in [6.45, 7) is 2.17. The number of furan rings is 1. The van der Waals surface area contributed by atoms with Gasteiger partial charge in [0.15, 0.2) is 11.8 Å². The number of rotatable bonds is 2. The smallest absolute Gasteiger partial charge is 0.227 e. The van der Waals surface area contributed by atoms with Crippen LogP contribution in [-0.4, -0.2) is 4.98 Å². The van der Waals surface area contributed by atoms with Gasteiger partial charge in [-0.15, -0.1) is 0 Å². The Hall–Kier alpha value is -3.20. The molecule has 0 unspecified atom stereocenters. The lowest BCUT2D eigenvalue weighted by Crippen LogP contribution is -2.32. The molecule has 0 atom stereocenters. The molecule has 1 fully saturated rings. The van der Waals surface area contributed by atoms with Crippen LogP contribution in [0.15, 0.2) is 65.2 Å². The summed E-state index contributed by atoms with van der Waals surface area (Å²) in [6.07, 6.45) is 9.06. The van der Waals surface area contributed by atoms with Crippen LogP contribution in [0.25, 0.3) is 44.2 Å². The monoisotopic (exact) mass is 407 g/mol. The van der Waals surface area contributed by atoms with E-state index in [0.29, 0.717) is 11.6 Å². The standard InChI is InChI=1S/C28H27N2O/c1-18-12-14-22-23-16-20-10-6-7-11-24(20)29-28(23)31-27(22)26(18)25-15-13-21(17-30(25)2)19-8-4-3-5-9-19/h6-7,10-17,19H,3-5,8-9H2,1-2H3/q+1. The molecule has 2 aromatic carbocycles. The van der Waals surface area contributed by atoms with Crippen LogP contribution < -0.4 is 4.57 Å². The molecule has 31 heavy (non-hydrogen) atoms. The third-order valence-electron chi connectivity index (χ3n) is 7.03. The van der Waals surface area contributed by atoms with Crippen LogP contribution >= 0.6 is 0 Å². The number of benzene rings is 2. The number of aryl methyl sites for hydroxylation is 2. The summed E-state index contributed by atoms with van der Waals surface area (Å²) in [5.74, 6) is 0.703. The molecule has 1 aliphatic rings. The Morgan fingerprint density at radius 1 is 0.935 bits per heavy atom. The lowest BCUT2D eigenvalue weighted by atomic mass is 9.84. The molecule has 0 spiro atoms. The summed E-state index contributed by atoms with van der Waals surface area (Å²) in [5, 5.41) is 3.35. The van der Waals surface area contributed by atoms with E-state index in [4.69, 9.17) is 9.40 Å². The molecule has 0 amide bonds. The molecule has 0 N–H and O–H groups in total.